The number of halogens is 1. The second-order valence-corrected chi connectivity index (χ2v) is 7.20. The maximum atomic E-state index is 12.0. The molecule has 1 aromatic rings. The van der Waals surface area contributed by atoms with Crippen LogP contribution in [0.3, 0.4) is 0 Å². The van der Waals surface area contributed by atoms with Gasteiger partial charge in [-0.3, -0.25) is 9.78 Å². The van der Waals surface area contributed by atoms with E-state index in [-0.39, 0.29) is 12.2 Å². The van der Waals surface area contributed by atoms with Crippen LogP contribution in [0.1, 0.15) is 19.0 Å². The van der Waals surface area contributed by atoms with Crippen LogP contribution < -0.4 is 0 Å². The average molecular weight is 336 g/mol. The Morgan fingerprint density at radius 1 is 1.50 bits per heavy atom. The molecule has 18 heavy (non-hydrogen) atoms. The van der Waals surface area contributed by atoms with E-state index in [1.54, 1.807) is 12.1 Å². The summed E-state index contributed by atoms with van der Waals surface area (Å²) in [5.74, 6) is -0.715. The molecule has 0 aliphatic carbocycles. The van der Waals surface area contributed by atoms with Gasteiger partial charge in [-0.05, 0) is 35.0 Å². The molecule has 1 rings (SSSR count). The van der Waals surface area contributed by atoms with E-state index in [0.717, 1.165) is 4.47 Å². The fraction of sp³-hybridized carbons (Fsp3) is 0.455. The predicted molar refractivity (Wildman–Crippen MR) is 70.7 cm³/mol. The summed E-state index contributed by atoms with van der Waals surface area (Å²) in [6.45, 7) is 1.49. The van der Waals surface area contributed by atoms with Crippen LogP contribution in [0.15, 0.2) is 22.8 Å². The summed E-state index contributed by atoms with van der Waals surface area (Å²) in [6.07, 6.45) is 1.39. The molecule has 0 amide bonds. The summed E-state index contributed by atoms with van der Waals surface area (Å²) in [7, 11) is -2.18. The molecule has 1 unspecified atom stereocenters. The van der Waals surface area contributed by atoms with E-state index in [4.69, 9.17) is 0 Å². The van der Waals surface area contributed by atoms with Crippen molar-refractivity contribution in [3.63, 3.8) is 0 Å². The Morgan fingerprint density at radius 3 is 2.67 bits per heavy atom. The Labute approximate surface area is 115 Å². The Hall–Kier alpha value is -0.950. The van der Waals surface area contributed by atoms with Gasteiger partial charge in [0.15, 0.2) is 9.84 Å². The Morgan fingerprint density at radius 2 is 2.17 bits per heavy atom. The van der Waals surface area contributed by atoms with E-state index in [1.165, 1.54) is 20.2 Å². The number of carbonyl (C=O) groups is 1. The lowest BCUT2D eigenvalue weighted by Crippen LogP contribution is -2.23. The summed E-state index contributed by atoms with van der Waals surface area (Å²) in [5.41, 5.74) is 0.454. The van der Waals surface area contributed by atoms with Crippen LogP contribution in [0, 0.1) is 0 Å². The molecule has 0 saturated heterocycles. The van der Waals surface area contributed by atoms with Gasteiger partial charge in [0.1, 0.15) is 0 Å². The Kier molecular flexibility index (Phi) is 5.28. The molecule has 0 saturated carbocycles. The number of carbonyl (C=O) groups excluding carboxylic acids is 1. The van der Waals surface area contributed by atoms with Gasteiger partial charge >= 0.3 is 5.97 Å². The van der Waals surface area contributed by atoms with Gasteiger partial charge < -0.3 is 4.74 Å². The molecular weight excluding hydrogens is 322 g/mol. The van der Waals surface area contributed by atoms with E-state index in [1.807, 2.05) is 0 Å². The summed E-state index contributed by atoms with van der Waals surface area (Å²) >= 11 is 3.22. The van der Waals surface area contributed by atoms with Crippen molar-refractivity contribution >= 4 is 31.7 Å². The number of nitrogens with zero attached hydrogens (tertiary/aromatic N) is 1. The van der Waals surface area contributed by atoms with Crippen molar-refractivity contribution in [1.29, 1.82) is 0 Å². The lowest BCUT2D eigenvalue weighted by atomic mass is 10.3. The maximum Gasteiger partial charge on any atom is 0.306 e. The van der Waals surface area contributed by atoms with Crippen LogP contribution in [-0.4, -0.2) is 31.7 Å². The largest absolute Gasteiger partial charge is 0.469 e. The third kappa shape index (κ3) is 4.38. The number of hydrogen-bond acceptors (Lipinski definition) is 5. The molecule has 5 nitrogen and oxygen atoms in total. The first-order chi connectivity index (χ1) is 8.35. The molecule has 0 fully saturated rings. The topological polar surface area (TPSA) is 73.3 Å². The molecule has 1 heterocycles. The fourth-order valence-corrected chi connectivity index (χ4v) is 2.78. The minimum atomic E-state index is -3.41. The van der Waals surface area contributed by atoms with E-state index in [9.17, 15) is 13.2 Å². The van der Waals surface area contributed by atoms with Gasteiger partial charge in [0.2, 0.25) is 0 Å². The number of methoxy groups -OCH3 is 1. The van der Waals surface area contributed by atoms with Crippen molar-refractivity contribution in [3.05, 3.63) is 28.5 Å². The second-order valence-electron chi connectivity index (χ2n) is 3.87. The molecule has 100 valence electrons. The zero-order chi connectivity index (χ0) is 13.8. The molecule has 0 aliphatic rings. The SMILES string of the molecule is COC(=O)CC(C)S(=O)(=O)Cc1ccc(Br)cn1. The number of sulfone groups is 1. The van der Waals surface area contributed by atoms with Gasteiger partial charge in [0.05, 0.1) is 30.2 Å². The first-order valence-corrected chi connectivity index (χ1v) is 7.75. The fourth-order valence-electron chi connectivity index (χ4n) is 1.29. The van der Waals surface area contributed by atoms with Crippen molar-refractivity contribution in [2.45, 2.75) is 24.3 Å². The molecule has 7 heteroatoms. The van der Waals surface area contributed by atoms with E-state index < -0.39 is 21.1 Å². The zero-order valence-electron chi connectivity index (χ0n) is 10.1. The van der Waals surface area contributed by atoms with Crippen LogP contribution >= 0.6 is 15.9 Å². The third-order valence-corrected chi connectivity index (χ3v) is 4.99. The molecule has 0 radical (unpaired) electrons. The smallest absolute Gasteiger partial charge is 0.306 e. The highest BCUT2D eigenvalue weighted by atomic mass is 79.9. The Bertz CT molecular complexity index is 512. The predicted octanol–water partition coefficient (Wildman–Crippen LogP) is 1.71. The highest BCUT2D eigenvalue weighted by Gasteiger charge is 2.24. The number of pyridine rings is 1. The molecular formula is C11H14BrNO4S. The number of ether oxygens (including phenoxy) is 1. The van der Waals surface area contributed by atoms with Crippen molar-refractivity contribution in [2.24, 2.45) is 0 Å². The summed E-state index contributed by atoms with van der Waals surface area (Å²) in [5, 5.41) is -0.782. The van der Waals surface area contributed by atoms with Gasteiger partial charge in [-0.1, -0.05) is 0 Å². The minimum absolute atomic E-state index is 0.143. The lowest BCUT2D eigenvalue weighted by Gasteiger charge is -2.11. The van der Waals surface area contributed by atoms with Gasteiger partial charge in [0, 0.05) is 10.7 Å². The van der Waals surface area contributed by atoms with Gasteiger partial charge in [-0.15, -0.1) is 0 Å². The van der Waals surface area contributed by atoms with Crippen molar-refractivity contribution < 1.29 is 17.9 Å². The number of aromatic nitrogens is 1. The number of esters is 1. The normalized spacial score (nSPS) is 13.1. The van der Waals surface area contributed by atoms with Gasteiger partial charge in [0.25, 0.3) is 0 Å². The highest BCUT2D eigenvalue weighted by molar-refractivity contribution is 9.10. The van der Waals surface area contributed by atoms with Crippen LogP contribution in [0.25, 0.3) is 0 Å². The van der Waals surface area contributed by atoms with Crippen LogP contribution in [0.2, 0.25) is 0 Å². The van der Waals surface area contributed by atoms with E-state index in [2.05, 4.69) is 25.7 Å². The maximum absolute atomic E-state index is 12.0. The van der Waals surface area contributed by atoms with Crippen molar-refractivity contribution in [2.75, 3.05) is 7.11 Å². The molecule has 0 N–H and O–H groups in total. The van der Waals surface area contributed by atoms with Crippen LogP contribution in [-0.2, 0) is 25.1 Å². The molecule has 0 bridgehead atoms. The lowest BCUT2D eigenvalue weighted by molar-refractivity contribution is -0.140. The molecule has 1 atom stereocenters. The Balaban J connectivity index is 2.75. The molecule has 1 aromatic heterocycles. The molecule has 0 aliphatic heterocycles. The first kappa shape index (κ1) is 15.1. The highest BCUT2D eigenvalue weighted by Crippen LogP contribution is 2.14. The van der Waals surface area contributed by atoms with Crippen molar-refractivity contribution in [3.8, 4) is 0 Å². The number of rotatable bonds is 5. The quantitative estimate of drug-likeness (QED) is 0.766. The van der Waals surface area contributed by atoms with Gasteiger partial charge in [-0.2, -0.15) is 0 Å². The average Bonchev–Trinajstić information content (AvgIpc) is 2.31. The van der Waals surface area contributed by atoms with Crippen LogP contribution in [0.4, 0.5) is 0 Å². The summed E-state index contributed by atoms with van der Waals surface area (Å²) in [6, 6.07) is 3.36. The second kappa shape index (κ2) is 6.29. The summed E-state index contributed by atoms with van der Waals surface area (Å²) in [4.78, 5) is 15.1. The molecule has 0 aromatic carbocycles. The monoisotopic (exact) mass is 335 g/mol. The third-order valence-electron chi connectivity index (χ3n) is 2.43. The van der Waals surface area contributed by atoms with E-state index >= 15 is 0 Å². The first-order valence-electron chi connectivity index (χ1n) is 5.24. The van der Waals surface area contributed by atoms with Gasteiger partial charge in [-0.25, -0.2) is 8.42 Å². The molecule has 0 spiro atoms. The van der Waals surface area contributed by atoms with E-state index in [0.29, 0.717) is 5.69 Å². The number of hydrogen-bond donors (Lipinski definition) is 0. The minimum Gasteiger partial charge on any atom is -0.469 e. The standard InChI is InChI=1S/C11H14BrNO4S/c1-8(5-11(14)17-2)18(15,16)7-10-4-3-9(12)6-13-10/h3-4,6,8H,5,7H2,1-2H3. The van der Waals surface area contributed by atoms with Crippen molar-refractivity contribution in [1.82, 2.24) is 4.98 Å². The van der Waals surface area contributed by atoms with Crippen LogP contribution in [0.5, 0.6) is 0 Å². The summed E-state index contributed by atoms with van der Waals surface area (Å²) < 4.78 is 29.2. The zero-order valence-corrected chi connectivity index (χ0v) is 12.5.